The minimum Gasteiger partial charge on any atom is -0.477 e. The molecule has 122 valence electrons. The van der Waals surface area contributed by atoms with E-state index in [0.717, 1.165) is 6.92 Å². The fourth-order valence-electron chi connectivity index (χ4n) is 2.12. The fourth-order valence-corrected chi connectivity index (χ4v) is 2.12. The number of aliphatic hydroxyl groups excluding tert-OH is 3. The quantitative estimate of drug-likeness (QED) is 0.316. The van der Waals surface area contributed by atoms with Crippen LogP contribution in [0.15, 0.2) is 0 Å². The number of amides is 1. The van der Waals surface area contributed by atoms with Gasteiger partial charge in [-0.15, -0.1) is 0 Å². The third-order valence-corrected chi connectivity index (χ3v) is 3.16. The molecule has 1 saturated heterocycles. The van der Waals surface area contributed by atoms with Gasteiger partial charge in [0.1, 0.15) is 6.10 Å². The maximum atomic E-state index is 13.9. The molecule has 0 bridgehead atoms. The van der Waals surface area contributed by atoms with E-state index in [1.807, 2.05) is 0 Å². The second kappa shape index (κ2) is 6.62. The molecular weight excluding hydrogens is 293 g/mol. The Morgan fingerprint density at radius 2 is 2.05 bits per heavy atom. The first-order valence-corrected chi connectivity index (χ1v) is 6.15. The largest absolute Gasteiger partial charge is 0.477 e. The molecule has 1 amide bonds. The Balaban J connectivity index is 3.06. The van der Waals surface area contributed by atoms with Crippen molar-refractivity contribution < 1.29 is 44.2 Å². The summed E-state index contributed by atoms with van der Waals surface area (Å²) in [6.45, 7) is 0.380. The lowest BCUT2D eigenvalue weighted by atomic mass is 9.88. The lowest BCUT2D eigenvalue weighted by Crippen LogP contribution is -2.69. The van der Waals surface area contributed by atoms with Crippen LogP contribution in [0.5, 0.6) is 0 Å². The van der Waals surface area contributed by atoms with E-state index >= 15 is 0 Å². The summed E-state index contributed by atoms with van der Waals surface area (Å²) in [6, 6.07) is -1.39. The Morgan fingerprint density at radius 3 is 2.48 bits per heavy atom. The zero-order valence-corrected chi connectivity index (χ0v) is 11.1. The van der Waals surface area contributed by atoms with Gasteiger partial charge in [-0.05, 0) is 0 Å². The molecule has 0 spiro atoms. The molecule has 0 saturated carbocycles. The van der Waals surface area contributed by atoms with Crippen LogP contribution in [0.1, 0.15) is 13.3 Å². The molecule has 0 unspecified atom stereocenters. The number of nitrogens with one attached hydrogen (secondary N) is 1. The van der Waals surface area contributed by atoms with E-state index in [-0.39, 0.29) is 0 Å². The number of carbonyl (C=O) groups excluding carboxylic acids is 1. The van der Waals surface area contributed by atoms with Crippen LogP contribution in [-0.4, -0.2) is 80.3 Å². The molecule has 1 aliphatic rings. The summed E-state index contributed by atoms with van der Waals surface area (Å²) in [7, 11) is 0. The molecule has 1 fully saturated rings. The highest BCUT2D eigenvalue weighted by atomic mass is 19.1. The van der Waals surface area contributed by atoms with Crippen LogP contribution >= 0.6 is 0 Å². The van der Waals surface area contributed by atoms with E-state index in [2.05, 4.69) is 5.32 Å². The fraction of sp³-hybridized carbons (Fsp3) is 0.818. The third kappa shape index (κ3) is 3.66. The van der Waals surface area contributed by atoms with Gasteiger partial charge in [0.2, 0.25) is 5.91 Å². The number of carboxylic acid groups (broad SMARTS) is 1. The Hall–Kier alpha value is -1.33. The second-order valence-electron chi connectivity index (χ2n) is 4.85. The van der Waals surface area contributed by atoms with Crippen LogP contribution in [0.3, 0.4) is 0 Å². The number of carboxylic acids is 1. The van der Waals surface area contributed by atoms with E-state index in [1.54, 1.807) is 0 Å². The third-order valence-electron chi connectivity index (χ3n) is 3.16. The molecule has 0 aliphatic carbocycles. The first-order valence-electron chi connectivity index (χ1n) is 6.15. The van der Waals surface area contributed by atoms with Crippen molar-refractivity contribution in [2.45, 2.75) is 49.7 Å². The maximum absolute atomic E-state index is 13.9. The minimum atomic E-state index is -3.31. The summed E-state index contributed by atoms with van der Waals surface area (Å²) >= 11 is 0. The normalized spacial score (nSPS) is 37.8. The molecule has 0 aromatic heterocycles. The maximum Gasteiger partial charge on any atom is 0.367 e. The molecule has 1 rings (SSSR count). The predicted octanol–water partition coefficient (Wildman–Crippen LogP) is -2.89. The van der Waals surface area contributed by atoms with Crippen molar-refractivity contribution in [1.29, 1.82) is 0 Å². The highest BCUT2D eigenvalue weighted by Crippen LogP contribution is 2.32. The van der Waals surface area contributed by atoms with Gasteiger partial charge in [0, 0.05) is 13.3 Å². The predicted molar refractivity (Wildman–Crippen MR) is 63.7 cm³/mol. The Labute approximate surface area is 119 Å². The number of rotatable bonds is 5. The summed E-state index contributed by atoms with van der Waals surface area (Å²) in [5, 5.41) is 48.6. The van der Waals surface area contributed by atoms with Gasteiger partial charge < -0.3 is 35.6 Å². The molecule has 6 atom stereocenters. The van der Waals surface area contributed by atoms with E-state index in [4.69, 9.17) is 14.9 Å². The summed E-state index contributed by atoms with van der Waals surface area (Å²) < 4.78 is 18.6. The van der Waals surface area contributed by atoms with Crippen molar-refractivity contribution in [1.82, 2.24) is 5.32 Å². The van der Waals surface area contributed by atoms with Crippen molar-refractivity contribution >= 4 is 11.9 Å². The van der Waals surface area contributed by atoms with E-state index < -0.39 is 61.2 Å². The number of hydrogen-bond donors (Lipinski definition) is 6. The number of ether oxygens (including phenoxy) is 1. The molecule has 6 N–H and O–H groups in total. The van der Waals surface area contributed by atoms with Gasteiger partial charge in [-0.25, -0.2) is 9.18 Å². The van der Waals surface area contributed by atoms with Crippen LogP contribution in [0.2, 0.25) is 0 Å². The Kier molecular flexibility index (Phi) is 5.59. The number of carbonyl (C=O) groups is 2. The standard InChI is InChI=1S/C11H18FNO8/c1-4(15)13-7-6(2-5(16)3-14)21-11(20,10(18)19)9(12)8(7)17/h5-9,14,16-17,20H,2-3H2,1H3,(H,13,15)(H,18,19)/t5-,6-,7-,8+,9+,11+/m0/s1. The van der Waals surface area contributed by atoms with Gasteiger partial charge in [0.15, 0.2) is 6.17 Å². The first-order chi connectivity index (χ1) is 9.63. The van der Waals surface area contributed by atoms with Crippen LogP contribution in [0, 0.1) is 0 Å². The van der Waals surface area contributed by atoms with Crippen molar-refractivity contribution in [2.75, 3.05) is 6.61 Å². The van der Waals surface area contributed by atoms with Crippen LogP contribution in [0.4, 0.5) is 4.39 Å². The Morgan fingerprint density at radius 1 is 1.48 bits per heavy atom. The molecule has 9 nitrogen and oxygen atoms in total. The van der Waals surface area contributed by atoms with Gasteiger partial charge >= 0.3 is 11.8 Å². The highest BCUT2D eigenvalue weighted by Gasteiger charge is 2.59. The van der Waals surface area contributed by atoms with Crippen molar-refractivity contribution in [3.8, 4) is 0 Å². The topological polar surface area (TPSA) is 157 Å². The molecule has 0 aromatic rings. The van der Waals surface area contributed by atoms with Crippen molar-refractivity contribution in [3.05, 3.63) is 0 Å². The van der Waals surface area contributed by atoms with Gasteiger partial charge in [0.25, 0.3) is 0 Å². The Bertz CT molecular complexity index is 408. The molecule has 10 heteroatoms. The average Bonchev–Trinajstić information content (AvgIpc) is 2.40. The lowest BCUT2D eigenvalue weighted by Gasteiger charge is -2.44. The average molecular weight is 311 g/mol. The smallest absolute Gasteiger partial charge is 0.367 e. The van der Waals surface area contributed by atoms with E-state index in [0.29, 0.717) is 0 Å². The molecule has 0 aromatic carbocycles. The van der Waals surface area contributed by atoms with Gasteiger partial charge in [-0.3, -0.25) is 4.79 Å². The molecule has 1 aliphatic heterocycles. The number of aliphatic hydroxyl groups is 4. The number of alkyl halides is 1. The minimum absolute atomic E-state index is 0.430. The van der Waals surface area contributed by atoms with Crippen molar-refractivity contribution in [2.24, 2.45) is 0 Å². The SMILES string of the molecule is CC(=O)N[C@@H]1[C@@H](O)[C@@H](F)[C@](O)(C(=O)O)O[C@H]1C[C@H](O)CO. The van der Waals surface area contributed by atoms with Gasteiger partial charge in [-0.2, -0.15) is 0 Å². The summed E-state index contributed by atoms with van der Waals surface area (Å²) in [5.41, 5.74) is 0. The zero-order valence-electron chi connectivity index (χ0n) is 11.1. The lowest BCUT2D eigenvalue weighted by molar-refractivity contribution is -0.307. The summed E-state index contributed by atoms with van der Waals surface area (Å²) in [4.78, 5) is 22.0. The van der Waals surface area contributed by atoms with Crippen molar-refractivity contribution in [3.63, 3.8) is 0 Å². The molecule has 21 heavy (non-hydrogen) atoms. The zero-order chi connectivity index (χ0) is 16.4. The number of hydrogen-bond acceptors (Lipinski definition) is 7. The summed E-state index contributed by atoms with van der Waals surface area (Å²) in [6.07, 6.45) is -8.00. The molecule has 1 heterocycles. The monoisotopic (exact) mass is 311 g/mol. The molecule has 0 radical (unpaired) electrons. The van der Waals surface area contributed by atoms with Crippen LogP contribution in [-0.2, 0) is 14.3 Å². The van der Waals surface area contributed by atoms with Gasteiger partial charge in [-0.1, -0.05) is 0 Å². The number of aliphatic carboxylic acids is 1. The number of halogens is 1. The van der Waals surface area contributed by atoms with E-state index in [9.17, 15) is 29.3 Å². The highest BCUT2D eigenvalue weighted by molar-refractivity contribution is 5.77. The van der Waals surface area contributed by atoms with E-state index in [1.165, 1.54) is 0 Å². The van der Waals surface area contributed by atoms with Gasteiger partial charge in [0.05, 0.1) is 24.9 Å². The first kappa shape index (κ1) is 17.7. The van der Waals surface area contributed by atoms with Crippen LogP contribution < -0.4 is 5.32 Å². The van der Waals surface area contributed by atoms with Crippen LogP contribution in [0.25, 0.3) is 0 Å². The second-order valence-corrected chi connectivity index (χ2v) is 4.85. The summed E-state index contributed by atoms with van der Waals surface area (Å²) in [5.74, 6) is -6.02. The molecular formula is C11H18FNO8.